The topological polar surface area (TPSA) is 120 Å². The van der Waals surface area contributed by atoms with E-state index in [1.54, 1.807) is 20.8 Å². The maximum absolute atomic E-state index is 14.1. The first kappa shape index (κ1) is 33.6. The zero-order valence-electron chi connectivity index (χ0n) is 23.2. The normalized spacial score (nSPS) is 12.5. The van der Waals surface area contributed by atoms with E-state index >= 15 is 0 Å². The van der Waals surface area contributed by atoms with Crippen molar-refractivity contribution in [2.24, 2.45) is 0 Å². The highest BCUT2D eigenvalue weighted by Gasteiger charge is 2.74. The van der Waals surface area contributed by atoms with Crippen molar-refractivity contribution in [3.63, 3.8) is 0 Å². The number of pyridine rings is 1. The zero-order chi connectivity index (χ0) is 33.5. The number of halogens is 9. The maximum atomic E-state index is 14.1. The summed E-state index contributed by atoms with van der Waals surface area (Å²) in [5.41, 5.74) is -1.79. The van der Waals surface area contributed by atoms with Gasteiger partial charge in [-0.15, -0.1) is 0 Å². The highest BCUT2D eigenvalue weighted by atomic mass is 35.5. The summed E-state index contributed by atoms with van der Waals surface area (Å²) in [7, 11) is 0. The van der Waals surface area contributed by atoms with E-state index in [9.17, 15) is 40.3 Å². The first-order chi connectivity index (χ1) is 20.8. The molecule has 4 rings (SSSR count). The number of anilines is 1. The zero-order valence-corrected chi connectivity index (χ0v) is 24.7. The van der Waals surface area contributed by atoms with E-state index in [2.05, 4.69) is 30.9 Å². The number of nitrogens with zero attached hydrogens (tertiary/aromatic N) is 6. The van der Waals surface area contributed by atoms with Crippen LogP contribution in [0.4, 0.5) is 36.4 Å². The first-order valence-corrected chi connectivity index (χ1v) is 13.4. The molecule has 0 bridgehead atoms. The van der Waals surface area contributed by atoms with Crippen molar-refractivity contribution in [2.75, 3.05) is 5.32 Å². The minimum atomic E-state index is -6.57. The first-order valence-electron chi connectivity index (χ1n) is 12.7. The number of carbonyl (C=O) groups is 2. The standard InChI is InChI=1S/C26H21Cl2F7N8O2/c1-12(2)38-22(44)16-8-14(27)7-13(3)20(16)39-23(45)18-9-15(40-43(18)21-17(28)5-4-6-36-21)11-42-37-10-19(41-42)24(29,30)25(31,32)26(33,34)35/h4-10,12H,11H2,1-3H3,(H,38,44)(H,39,45). The number of rotatable bonds is 9. The number of amides is 2. The summed E-state index contributed by atoms with van der Waals surface area (Å²) in [6.07, 6.45) is -5.18. The van der Waals surface area contributed by atoms with E-state index in [1.807, 2.05) is 0 Å². The third-order valence-electron chi connectivity index (χ3n) is 6.05. The summed E-state index contributed by atoms with van der Waals surface area (Å²) in [6, 6.07) is 6.63. The van der Waals surface area contributed by atoms with Crippen LogP contribution < -0.4 is 10.6 Å². The smallest absolute Gasteiger partial charge is 0.350 e. The Morgan fingerprint density at radius 1 is 1.00 bits per heavy atom. The van der Waals surface area contributed by atoms with Crippen LogP contribution in [0.3, 0.4) is 0 Å². The van der Waals surface area contributed by atoms with Crippen LogP contribution in [0.15, 0.2) is 42.7 Å². The fourth-order valence-electron chi connectivity index (χ4n) is 3.97. The average molecular weight is 681 g/mol. The number of benzene rings is 1. The van der Waals surface area contributed by atoms with Gasteiger partial charge in [0.2, 0.25) is 0 Å². The molecule has 2 amide bonds. The van der Waals surface area contributed by atoms with Gasteiger partial charge in [0.25, 0.3) is 11.8 Å². The van der Waals surface area contributed by atoms with Gasteiger partial charge in [-0.3, -0.25) is 9.59 Å². The molecule has 0 unspecified atom stereocenters. The molecule has 0 aliphatic carbocycles. The van der Waals surface area contributed by atoms with Crippen molar-refractivity contribution in [1.82, 2.24) is 35.1 Å². The summed E-state index contributed by atoms with van der Waals surface area (Å²) in [5.74, 6) is -13.6. The van der Waals surface area contributed by atoms with E-state index in [1.165, 1.54) is 30.5 Å². The van der Waals surface area contributed by atoms with Crippen molar-refractivity contribution < 1.29 is 40.3 Å². The number of nitrogens with one attached hydrogen (secondary N) is 2. The van der Waals surface area contributed by atoms with Gasteiger partial charge in [0, 0.05) is 17.3 Å². The number of hydrogen-bond acceptors (Lipinski definition) is 6. The minimum absolute atomic E-state index is 0.0226. The van der Waals surface area contributed by atoms with Gasteiger partial charge in [0.05, 0.1) is 28.2 Å². The Kier molecular flexibility index (Phi) is 9.17. The third kappa shape index (κ3) is 6.73. The Labute approximate surface area is 259 Å². The molecule has 1 aromatic carbocycles. The van der Waals surface area contributed by atoms with Gasteiger partial charge in [-0.2, -0.15) is 50.8 Å². The molecule has 0 aliphatic rings. The molecule has 10 nitrogen and oxygen atoms in total. The van der Waals surface area contributed by atoms with Gasteiger partial charge in [-0.25, -0.2) is 9.67 Å². The molecule has 45 heavy (non-hydrogen) atoms. The second kappa shape index (κ2) is 12.3. The molecule has 19 heteroatoms. The molecular formula is C26H21Cl2F7N8O2. The van der Waals surface area contributed by atoms with Crippen molar-refractivity contribution in [1.29, 1.82) is 0 Å². The molecule has 0 spiro atoms. The number of carbonyl (C=O) groups excluding carboxylic acids is 2. The summed E-state index contributed by atoms with van der Waals surface area (Å²) >= 11 is 12.4. The van der Waals surface area contributed by atoms with Crippen LogP contribution >= 0.6 is 23.2 Å². The largest absolute Gasteiger partial charge is 0.460 e. The molecule has 0 atom stereocenters. The summed E-state index contributed by atoms with van der Waals surface area (Å²) < 4.78 is 94.1. The highest BCUT2D eigenvalue weighted by Crippen LogP contribution is 2.51. The summed E-state index contributed by atoms with van der Waals surface area (Å²) in [4.78, 5) is 31.0. The van der Waals surface area contributed by atoms with E-state index < -0.39 is 42.1 Å². The monoisotopic (exact) mass is 680 g/mol. The lowest BCUT2D eigenvalue weighted by Gasteiger charge is -2.26. The van der Waals surface area contributed by atoms with Crippen LogP contribution in [0.25, 0.3) is 5.82 Å². The summed E-state index contributed by atoms with van der Waals surface area (Å²) in [6.45, 7) is 4.38. The maximum Gasteiger partial charge on any atom is 0.460 e. The van der Waals surface area contributed by atoms with Gasteiger partial charge in [-0.05, 0) is 56.7 Å². The molecule has 0 saturated carbocycles. The van der Waals surface area contributed by atoms with Crippen LogP contribution in [0.2, 0.25) is 10.0 Å². The molecular weight excluding hydrogens is 660 g/mol. The Bertz CT molecular complexity index is 1760. The predicted octanol–water partition coefficient (Wildman–Crippen LogP) is 6.20. The fraction of sp³-hybridized carbons (Fsp3) is 0.308. The van der Waals surface area contributed by atoms with E-state index in [4.69, 9.17) is 23.2 Å². The molecule has 0 saturated heterocycles. The molecule has 0 radical (unpaired) electrons. The SMILES string of the molecule is Cc1cc(Cl)cc(C(=O)NC(C)C)c1NC(=O)c1cc(Cn2ncc(C(F)(F)C(F)(F)C(F)(F)F)n2)nn1-c1ncccc1Cl. The Hall–Kier alpha value is -4.25. The van der Waals surface area contributed by atoms with E-state index in [0.717, 1.165) is 10.7 Å². The van der Waals surface area contributed by atoms with Crippen LogP contribution in [0, 0.1) is 6.92 Å². The second-order valence-corrected chi connectivity index (χ2v) is 10.7. The Balaban J connectivity index is 1.73. The van der Waals surface area contributed by atoms with Gasteiger partial charge in [0.15, 0.2) is 11.5 Å². The second-order valence-electron chi connectivity index (χ2n) is 9.88. The molecule has 4 aromatic rings. The Morgan fingerprint density at radius 3 is 2.31 bits per heavy atom. The average Bonchev–Trinajstić information content (AvgIpc) is 3.57. The number of alkyl halides is 7. The van der Waals surface area contributed by atoms with Crippen molar-refractivity contribution >= 4 is 40.7 Å². The number of hydrogen-bond donors (Lipinski definition) is 2. The minimum Gasteiger partial charge on any atom is -0.350 e. The molecule has 0 aliphatic heterocycles. The predicted molar refractivity (Wildman–Crippen MR) is 147 cm³/mol. The highest BCUT2D eigenvalue weighted by molar-refractivity contribution is 6.32. The Morgan fingerprint density at radius 2 is 1.69 bits per heavy atom. The lowest BCUT2D eigenvalue weighted by atomic mass is 10.1. The van der Waals surface area contributed by atoms with Crippen LogP contribution in [0.5, 0.6) is 0 Å². The lowest BCUT2D eigenvalue weighted by molar-refractivity contribution is -0.360. The molecule has 3 heterocycles. The van der Waals surface area contributed by atoms with Crippen LogP contribution in [-0.2, 0) is 12.5 Å². The van der Waals surface area contributed by atoms with Crippen LogP contribution in [-0.4, -0.2) is 59.7 Å². The fourth-order valence-corrected chi connectivity index (χ4v) is 4.44. The molecule has 3 aromatic heterocycles. The molecule has 0 fully saturated rings. The van der Waals surface area contributed by atoms with Gasteiger partial charge in [-0.1, -0.05) is 23.2 Å². The van der Waals surface area contributed by atoms with Gasteiger partial charge < -0.3 is 10.6 Å². The van der Waals surface area contributed by atoms with E-state index in [0.29, 0.717) is 10.4 Å². The third-order valence-corrected chi connectivity index (χ3v) is 6.56. The van der Waals surface area contributed by atoms with Gasteiger partial charge >= 0.3 is 18.0 Å². The number of aromatic nitrogens is 6. The van der Waals surface area contributed by atoms with Crippen molar-refractivity contribution in [3.8, 4) is 5.82 Å². The van der Waals surface area contributed by atoms with E-state index in [-0.39, 0.29) is 50.7 Å². The van der Waals surface area contributed by atoms with Crippen molar-refractivity contribution in [2.45, 2.75) is 51.4 Å². The van der Waals surface area contributed by atoms with Crippen molar-refractivity contribution in [3.05, 3.63) is 81.0 Å². The number of aryl methyl sites for hydroxylation is 1. The quantitative estimate of drug-likeness (QED) is 0.203. The van der Waals surface area contributed by atoms with Crippen LogP contribution in [0.1, 0.15) is 51.6 Å². The van der Waals surface area contributed by atoms with Gasteiger partial charge in [0.1, 0.15) is 12.2 Å². The molecule has 2 N–H and O–H groups in total. The summed E-state index contributed by atoms with van der Waals surface area (Å²) in [5, 5.41) is 16.2. The lowest BCUT2D eigenvalue weighted by Crippen LogP contribution is -2.50. The molecule has 240 valence electrons.